The Morgan fingerprint density at radius 3 is 2.65 bits per heavy atom. The molecule has 3 aromatic rings. The maximum atomic E-state index is 12.4. The molecule has 0 saturated heterocycles. The zero-order valence-corrected chi connectivity index (χ0v) is 13.7. The summed E-state index contributed by atoms with van der Waals surface area (Å²) in [5.74, 6) is 0.591. The number of furan rings is 1. The van der Waals surface area contributed by atoms with Crippen molar-refractivity contribution < 1.29 is 18.7 Å². The monoisotopic (exact) mass is 330 g/mol. The Kier molecular flexibility index (Phi) is 4.01. The zero-order valence-electron chi connectivity index (χ0n) is 13.0. The van der Waals surface area contributed by atoms with Crippen molar-refractivity contribution in [2.45, 2.75) is 13.8 Å². The predicted molar refractivity (Wildman–Crippen MR) is 88.7 cm³/mol. The van der Waals surface area contributed by atoms with Gasteiger partial charge in [0.15, 0.2) is 0 Å². The van der Waals surface area contributed by atoms with E-state index < -0.39 is 5.97 Å². The van der Waals surface area contributed by atoms with Gasteiger partial charge in [-0.05, 0) is 49.7 Å². The molecule has 2 aromatic carbocycles. The molecule has 1 aromatic heterocycles. The SMILES string of the molecule is COc1ccc2oc(C(=O)Oc3cc(C)ccc3Cl)c(C)c2c1. The number of carbonyl (C=O) groups excluding carboxylic acids is 1. The maximum Gasteiger partial charge on any atom is 0.379 e. The molecule has 3 rings (SSSR count). The van der Waals surface area contributed by atoms with Crippen LogP contribution in [0.1, 0.15) is 21.7 Å². The van der Waals surface area contributed by atoms with Gasteiger partial charge in [0.25, 0.3) is 0 Å². The van der Waals surface area contributed by atoms with Crippen LogP contribution >= 0.6 is 11.6 Å². The second-order valence-electron chi connectivity index (χ2n) is 5.24. The first-order valence-corrected chi connectivity index (χ1v) is 7.43. The lowest BCUT2D eigenvalue weighted by atomic mass is 10.1. The number of fused-ring (bicyclic) bond motifs is 1. The van der Waals surface area contributed by atoms with E-state index in [-0.39, 0.29) is 5.76 Å². The number of carbonyl (C=O) groups is 1. The fourth-order valence-electron chi connectivity index (χ4n) is 2.36. The minimum Gasteiger partial charge on any atom is -0.497 e. The van der Waals surface area contributed by atoms with Crippen molar-refractivity contribution in [2.75, 3.05) is 7.11 Å². The number of benzene rings is 2. The van der Waals surface area contributed by atoms with E-state index >= 15 is 0 Å². The average Bonchev–Trinajstić information content (AvgIpc) is 2.87. The fraction of sp³-hybridized carbons (Fsp3) is 0.167. The number of rotatable bonds is 3. The third kappa shape index (κ3) is 2.90. The van der Waals surface area contributed by atoms with Gasteiger partial charge in [-0.1, -0.05) is 17.7 Å². The van der Waals surface area contributed by atoms with Gasteiger partial charge < -0.3 is 13.9 Å². The first-order valence-electron chi connectivity index (χ1n) is 7.05. The molecule has 4 nitrogen and oxygen atoms in total. The first kappa shape index (κ1) is 15.4. The predicted octanol–water partition coefficient (Wildman–Crippen LogP) is 4.93. The molecule has 0 unspecified atom stereocenters. The van der Waals surface area contributed by atoms with E-state index in [0.717, 1.165) is 10.9 Å². The highest BCUT2D eigenvalue weighted by Gasteiger charge is 2.21. The summed E-state index contributed by atoms with van der Waals surface area (Å²) in [5, 5.41) is 1.19. The Bertz CT molecular complexity index is 895. The Morgan fingerprint density at radius 1 is 1.13 bits per heavy atom. The molecule has 0 atom stereocenters. The maximum absolute atomic E-state index is 12.4. The molecule has 0 fully saturated rings. The molecule has 0 N–H and O–H groups in total. The minimum absolute atomic E-state index is 0.158. The third-order valence-corrected chi connectivity index (χ3v) is 3.93. The van der Waals surface area contributed by atoms with Crippen LogP contribution in [0.4, 0.5) is 0 Å². The summed E-state index contributed by atoms with van der Waals surface area (Å²) in [6, 6.07) is 10.6. The molecule has 23 heavy (non-hydrogen) atoms. The lowest BCUT2D eigenvalue weighted by Crippen LogP contribution is -2.09. The molecule has 118 valence electrons. The van der Waals surface area contributed by atoms with Gasteiger partial charge in [-0.25, -0.2) is 4.79 Å². The van der Waals surface area contributed by atoms with Crippen molar-refractivity contribution in [3.05, 3.63) is 58.3 Å². The van der Waals surface area contributed by atoms with Crippen LogP contribution in [0.15, 0.2) is 40.8 Å². The molecule has 0 radical (unpaired) electrons. The highest BCUT2D eigenvalue weighted by atomic mass is 35.5. The summed E-state index contributed by atoms with van der Waals surface area (Å²) in [6.07, 6.45) is 0. The highest BCUT2D eigenvalue weighted by Crippen LogP contribution is 2.31. The molecule has 1 heterocycles. The van der Waals surface area contributed by atoms with Gasteiger partial charge in [-0.2, -0.15) is 0 Å². The second-order valence-corrected chi connectivity index (χ2v) is 5.65. The Labute approximate surface area is 138 Å². The van der Waals surface area contributed by atoms with Crippen molar-refractivity contribution in [1.29, 1.82) is 0 Å². The van der Waals surface area contributed by atoms with Crippen molar-refractivity contribution in [3.8, 4) is 11.5 Å². The van der Waals surface area contributed by atoms with Crippen molar-refractivity contribution in [1.82, 2.24) is 0 Å². The molecule has 0 bridgehead atoms. The molecular formula is C18H15ClO4. The fourth-order valence-corrected chi connectivity index (χ4v) is 2.51. The number of hydrogen-bond donors (Lipinski definition) is 0. The van der Waals surface area contributed by atoms with Gasteiger partial charge in [0.2, 0.25) is 5.76 Å². The molecule has 0 amide bonds. The van der Waals surface area contributed by atoms with Gasteiger partial charge in [0.05, 0.1) is 12.1 Å². The summed E-state index contributed by atoms with van der Waals surface area (Å²) in [7, 11) is 1.59. The summed E-state index contributed by atoms with van der Waals surface area (Å²) in [6.45, 7) is 3.70. The first-order chi connectivity index (χ1) is 11.0. The molecule has 0 aliphatic heterocycles. The number of ether oxygens (including phenoxy) is 2. The van der Waals surface area contributed by atoms with Crippen LogP contribution in [-0.4, -0.2) is 13.1 Å². The van der Waals surface area contributed by atoms with Crippen molar-refractivity contribution in [3.63, 3.8) is 0 Å². The summed E-state index contributed by atoms with van der Waals surface area (Å²) >= 11 is 6.06. The zero-order chi connectivity index (χ0) is 16.6. The van der Waals surface area contributed by atoms with E-state index in [1.165, 1.54) is 0 Å². The average molecular weight is 331 g/mol. The van der Waals surface area contributed by atoms with E-state index in [0.29, 0.717) is 27.7 Å². The number of methoxy groups -OCH3 is 1. The summed E-state index contributed by atoms with van der Waals surface area (Å²) < 4.78 is 16.2. The second kappa shape index (κ2) is 5.97. The molecular weight excluding hydrogens is 316 g/mol. The topological polar surface area (TPSA) is 48.7 Å². The molecule has 0 spiro atoms. The van der Waals surface area contributed by atoms with Gasteiger partial charge in [-0.3, -0.25) is 0 Å². The lowest BCUT2D eigenvalue weighted by Gasteiger charge is -2.06. The number of hydrogen-bond acceptors (Lipinski definition) is 4. The van der Waals surface area contributed by atoms with Gasteiger partial charge in [-0.15, -0.1) is 0 Å². The number of aryl methyl sites for hydroxylation is 2. The molecule has 0 aliphatic carbocycles. The smallest absolute Gasteiger partial charge is 0.379 e. The van der Waals surface area contributed by atoms with Crippen LogP contribution in [-0.2, 0) is 0 Å². The summed E-state index contributed by atoms with van der Waals surface area (Å²) in [5.41, 5.74) is 2.25. The van der Waals surface area contributed by atoms with Crippen LogP contribution in [0.25, 0.3) is 11.0 Å². The third-order valence-electron chi connectivity index (χ3n) is 3.62. The highest BCUT2D eigenvalue weighted by molar-refractivity contribution is 6.32. The largest absolute Gasteiger partial charge is 0.497 e. The summed E-state index contributed by atoms with van der Waals surface area (Å²) in [4.78, 5) is 12.4. The Hall–Kier alpha value is -2.46. The van der Waals surface area contributed by atoms with E-state index in [1.807, 2.05) is 19.1 Å². The van der Waals surface area contributed by atoms with Crippen molar-refractivity contribution >= 4 is 28.5 Å². The van der Waals surface area contributed by atoms with E-state index in [9.17, 15) is 4.79 Å². The van der Waals surface area contributed by atoms with Gasteiger partial charge in [0.1, 0.15) is 17.1 Å². The quantitative estimate of drug-likeness (QED) is 0.504. The van der Waals surface area contributed by atoms with E-state index in [2.05, 4.69) is 0 Å². The lowest BCUT2D eigenvalue weighted by molar-refractivity contribution is 0.0703. The van der Waals surface area contributed by atoms with Crippen LogP contribution in [0.2, 0.25) is 5.02 Å². The normalized spacial score (nSPS) is 10.8. The van der Waals surface area contributed by atoms with Crippen molar-refractivity contribution in [2.24, 2.45) is 0 Å². The molecule has 5 heteroatoms. The molecule has 0 aliphatic rings. The van der Waals surface area contributed by atoms with Crippen LogP contribution in [0, 0.1) is 13.8 Å². The minimum atomic E-state index is -0.579. The van der Waals surface area contributed by atoms with Crippen LogP contribution < -0.4 is 9.47 Å². The van der Waals surface area contributed by atoms with Gasteiger partial charge in [0, 0.05) is 10.9 Å². The van der Waals surface area contributed by atoms with E-state index in [1.54, 1.807) is 38.3 Å². The van der Waals surface area contributed by atoms with Crippen LogP contribution in [0.3, 0.4) is 0 Å². The number of halogens is 1. The van der Waals surface area contributed by atoms with Crippen LogP contribution in [0.5, 0.6) is 11.5 Å². The van der Waals surface area contributed by atoms with E-state index in [4.69, 9.17) is 25.5 Å². The standard InChI is InChI=1S/C18H15ClO4/c1-10-4-6-14(19)16(8-10)23-18(20)17-11(2)13-9-12(21-3)5-7-15(13)22-17/h4-9H,1-3H3. The van der Waals surface area contributed by atoms with Gasteiger partial charge >= 0.3 is 5.97 Å². The Morgan fingerprint density at radius 2 is 1.91 bits per heavy atom. The Balaban J connectivity index is 1.97. The number of esters is 1. The molecule has 0 saturated carbocycles.